The van der Waals surface area contributed by atoms with Gasteiger partial charge in [0.1, 0.15) is 11.0 Å². The smallest absolute Gasteiger partial charge is 0.345 e. The van der Waals surface area contributed by atoms with E-state index in [2.05, 4.69) is 5.32 Å². The highest BCUT2D eigenvalue weighted by atomic mass is 32.1. The summed E-state index contributed by atoms with van der Waals surface area (Å²) < 4.78 is 0. The van der Waals surface area contributed by atoms with Crippen molar-refractivity contribution in [1.82, 2.24) is 5.32 Å². The van der Waals surface area contributed by atoms with Crippen molar-refractivity contribution in [3.63, 3.8) is 0 Å². The Kier molecular flexibility index (Phi) is 4.88. The number of aliphatic hydroxyl groups excluding tert-OH is 2. The van der Waals surface area contributed by atoms with Crippen molar-refractivity contribution in [2.24, 2.45) is 0 Å². The van der Waals surface area contributed by atoms with Crippen molar-refractivity contribution in [2.45, 2.75) is 18.6 Å². The van der Waals surface area contributed by atoms with Gasteiger partial charge in [0.25, 0.3) is 0 Å². The second-order valence-electron chi connectivity index (χ2n) is 3.45. The monoisotopic (exact) mass is 245 g/mol. The zero-order chi connectivity index (χ0) is 12.1. The minimum Gasteiger partial charge on any atom is -0.477 e. The number of aromatic carboxylic acids is 1. The standard InChI is InChI=1S/C10H15NO4S/c1-11-3-2-7(12)9(13)6-4-8(10(14)15)16-5-6/h4-5,7,9,11-13H,2-3H2,1H3,(H,14,15). The van der Waals surface area contributed by atoms with Crippen LogP contribution in [0.2, 0.25) is 0 Å². The molecule has 0 radical (unpaired) electrons. The minimum atomic E-state index is -1.03. The summed E-state index contributed by atoms with van der Waals surface area (Å²) in [6, 6.07) is 1.39. The lowest BCUT2D eigenvalue weighted by molar-refractivity contribution is 0.0142. The van der Waals surface area contributed by atoms with Gasteiger partial charge in [-0.1, -0.05) is 0 Å². The Hall–Kier alpha value is -0.950. The Labute approximate surface area is 97.4 Å². The van der Waals surface area contributed by atoms with Crippen LogP contribution in [0.1, 0.15) is 27.8 Å². The number of thiophene rings is 1. The second-order valence-corrected chi connectivity index (χ2v) is 4.37. The quantitative estimate of drug-likeness (QED) is 0.584. The molecule has 2 unspecified atom stereocenters. The van der Waals surface area contributed by atoms with Gasteiger partial charge in [-0.15, -0.1) is 11.3 Å². The maximum Gasteiger partial charge on any atom is 0.345 e. The second kappa shape index (κ2) is 5.95. The van der Waals surface area contributed by atoms with Crippen molar-refractivity contribution in [1.29, 1.82) is 0 Å². The average Bonchev–Trinajstić information content (AvgIpc) is 2.74. The molecule has 16 heavy (non-hydrogen) atoms. The molecule has 1 aromatic rings. The molecule has 6 heteroatoms. The van der Waals surface area contributed by atoms with E-state index < -0.39 is 18.2 Å². The maximum atomic E-state index is 10.6. The number of rotatable bonds is 6. The van der Waals surface area contributed by atoms with Crippen molar-refractivity contribution in [3.8, 4) is 0 Å². The van der Waals surface area contributed by atoms with Gasteiger partial charge in [0.15, 0.2) is 0 Å². The molecule has 1 heterocycles. The highest BCUT2D eigenvalue weighted by Gasteiger charge is 2.20. The molecule has 0 bridgehead atoms. The summed E-state index contributed by atoms with van der Waals surface area (Å²) in [5.41, 5.74) is 0.450. The Morgan fingerprint density at radius 2 is 2.25 bits per heavy atom. The third kappa shape index (κ3) is 3.28. The van der Waals surface area contributed by atoms with E-state index in [4.69, 9.17) is 5.11 Å². The van der Waals surface area contributed by atoms with E-state index in [1.807, 2.05) is 0 Å². The lowest BCUT2D eigenvalue weighted by atomic mass is 10.0. The fourth-order valence-corrected chi connectivity index (χ4v) is 2.07. The SMILES string of the molecule is CNCCC(O)C(O)c1csc(C(=O)O)c1. The van der Waals surface area contributed by atoms with Crippen LogP contribution in [0.5, 0.6) is 0 Å². The third-order valence-corrected chi connectivity index (χ3v) is 3.16. The van der Waals surface area contributed by atoms with Crippen molar-refractivity contribution in [3.05, 3.63) is 21.9 Å². The fourth-order valence-electron chi connectivity index (χ4n) is 1.29. The van der Waals surface area contributed by atoms with Gasteiger partial charge < -0.3 is 20.6 Å². The van der Waals surface area contributed by atoms with Gasteiger partial charge in [-0.05, 0) is 37.0 Å². The zero-order valence-corrected chi connectivity index (χ0v) is 9.70. The predicted molar refractivity (Wildman–Crippen MR) is 60.8 cm³/mol. The first kappa shape index (κ1) is 13.1. The van der Waals surface area contributed by atoms with Crippen LogP contribution in [0.4, 0.5) is 0 Å². The summed E-state index contributed by atoms with van der Waals surface area (Å²) in [4.78, 5) is 10.8. The molecule has 2 atom stereocenters. The van der Waals surface area contributed by atoms with E-state index in [9.17, 15) is 15.0 Å². The molecule has 0 aliphatic carbocycles. The molecular weight excluding hydrogens is 230 g/mol. The summed E-state index contributed by atoms with van der Waals surface area (Å²) in [6.07, 6.45) is -1.50. The van der Waals surface area contributed by atoms with E-state index >= 15 is 0 Å². The summed E-state index contributed by atoms with van der Waals surface area (Å²) in [6.45, 7) is 0.591. The van der Waals surface area contributed by atoms with Crippen LogP contribution in [0.25, 0.3) is 0 Å². The van der Waals surface area contributed by atoms with Crippen LogP contribution >= 0.6 is 11.3 Å². The van der Waals surface area contributed by atoms with Gasteiger partial charge >= 0.3 is 5.97 Å². The Balaban J connectivity index is 2.64. The highest BCUT2D eigenvalue weighted by molar-refractivity contribution is 7.12. The third-order valence-electron chi connectivity index (χ3n) is 2.23. The molecule has 0 spiro atoms. The Bertz CT molecular complexity index is 352. The molecule has 0 aliphatic rings. The first-order valence-electron chi connectivity index (χ1n) is 4.88. The topological polar surface area (TPSA) is 89.8 Å². The van der Waals surface area contributed by atoms with Gasteiger partial charge in [-0.2, -0.15) is 0 Å². The van der Waals surface area contributed by atoms with E-state index in [1.54, 1.807) is 12.4 Å². The number of hydrogen-bond acceptors (Lipinski definition) is 5. The molecule has 1 rings (SSSR count). The summed E-state index contributed by atoms with van der Waals surface area (Å²) in [5.74, 6) is -1.02. The maximum absolute atomic E-state index is 10.6. The molecule has 0 amide bonds. The molecule has 90 valence electrons. The molecule has 1 aromatic heterocycles. The summed E-state index contributed by atoms with van der Waals surface area (Å²) in [5, 5.41) is 32.5. The molecule has 4 N–H and O–H groups in total. The van der Waals surface area contributed by atoms with E-state index in [0.717, 1.165) is 11.3 Å². The van der Waals surface area contributed by atoms with E-state index in [0.29, 0.717) is 18.5 Å². The number of carboxylic acids is 1. The van der Waals surface area contributed by atoms with Crippen LogP contribution < -0.4 is 5.32 Å². The van der Waals surface area contributed by atoms with Gasteiger partial charge in [-0.3, -0.25) is 0 Å². The number of nitrogens with one attached hydrogen (secondary N) is 1. The Morgan fingerprint density at radius 1 is 1.56 bits per heavy atom. The first-order chi connectivity index (χ1) is 7.56. The van der Waals surface area contributed by atoms with Crippen molar-refractivity contribution < 1.29 is 20.1 Å². The molecule has 0 saturated heterocycles. The van der Waals surface area contributed by atoms with Gasteiger partial charge in [0, 0.05) is 0 Å². The van der Waals surface area contributed by atoms with Gasteiger partial charge in [-0.25, -0.2) is 4.79 Å². The van der Waals surface area contributed by atoms with Crippen LogP contribution in [-0.4, -0.2) is 41.0 Å². The number of hydrogen-bond donors (Lipinski definition) is 4. The van der Waals surface area contributed by atoms with E-state index in [-0.39, 0.29) is 4.88 Å². The van der Waals surface area contributed by atoms with Crippen LogP contribution in [0.3, 0.4) is 0 Å². The van der Waals surface area contributed by atoms with Crippen LogP contribution in [0.15, 0.2) is 11.4 Å². The number of carboxylic acid groups (broad SMARTS) is 1. The number of aliphatic hydroxyl groups is 2. The highest BCUT2D eigenvalue weighted by Crippen LogP contribution is 2.24. The normalized spacial score (nSPS) is 14.7. The van der Waals surface area contributed by atoms with E-state index in [1.165, 1.54) is 6.07 Å². The zero-order valence-electron chi connectivity index (χ0n) is 8.88. The predicted octanol–water partition coefficient (Wildman–Crippen LogP) is 0.450. The van der Waals surface area contributed by atoms with Gasteiger partial charge in [0.2, 0.25) is 0 Å². The lowest BCUT2D eigenvalue weighted by Crippen LogP contribution is -2.23. The van der Waals surface area contributed by atoms with Crippen molar-refractivity contribution in [2.75, 3.05) is 13.6 Å². The average molecular weight is 245 g/mol. The van der Waals surface area contributed by atoms with Crippen LogP contribution in [0, 0.1) is 0 Å². The molecule has 0 aliphatic heterocycles. The molecule has 0 fully saturated rings. The largest absolute Gasteiger partial charge is 0.477 e. The fraction of sp³-hybridized carbons (Fsp3) is 0.500. The first-order valence-corrected chi connectivity index (χ1v) is 5.76. The molecule has 0 saturated carbocycles. The Morgan fingerprint density at radius 3 is 2.75 bits per heavy atom. The van der Waals surface area contributed by atoms with Crippen LogP contribution in [-0.2, 0) is 0 Å². The molecular formula is C10H15NO4S. The van der Waals surface area contributed by atoms with Crippen molar-refractivity contribution >= 4 is 17.3 Å². The minimum absolute atomic E-state index is 0.162. The molecule has 0 aromatic carbocycles. The summed E-state index contributed by atoms with van der Waals surface area (Å²) >= 11 is 1.04. The summed E-state index contributed by atoms with van der Waals surface area (Å²) in [7, 11) is 1.76. The lowest BCUT2D eigenvalue weighted by Gasteiger charge is -2.16. The van der Waals surface area contributed by atoms with Gasteiger partial charge in [0.05, 0.1) is 6.10 Å². The number of carbonyl (C=O) groups is 1. The molecule has 5 nitrogen and oxygen atoms in total.